The van der Waals surface area contributed by atoms with Crippen molar-refractivity contribution in [2.24, 2.45) is 5.10 Å². The number of hydrazone groups is 1. The van der Waals surface area contributed by atoms with E-state index in [2.05, 4.69) is 22.5 Å². The first-order valence-corrected chi connectivity index (χ1v) is 8.10. The first-order valence-electron chi connectivity index (χ1n) is 7.72. The van der Waals surface area contributed by atoms with Gasteiger partial charge in [-0.2, -0.15) is 5.10 Å². The molecule has 0 saturated carbocycles. The van der Waals surface area contributed by atoms with Crippen LogP contribution in [0.2, 0.25) is 5.02 Å². The van der Waals surface area contributed by atoms with E-state index in [1.54, 1.807) is 0 Å². The third-order valence-corrected chi connectivity index (χ3v) is 4.02. The van der Waals surface area contributed by atoms with Crippen molar-refractivity contribution in [1.29, 1.82) is 0 Å². The Morgan fingerprint density at radius 3 is 2.57 bits per heavy atom. The van der Waals surface area contributed by atoms with Gasteiger partial charge in [0.25, 0.3) is 0 Å². The summed E-state index contributed by atoms with van der Waals surface area (Å²) in [5.41, 5.74) is 3.99. The summed E-state index contributed by atoms with van der Waals surface area (Å²) in [7, 11) is 1.91. The van der Waals surface area contributed by atoms with Crippen LogP contribution in [0.1, 0.15) is 11.1 Å². The smallest absolute Gasteiger partial charge is 0.0997 e. The number of hydrogen-bond donors (Lipinski definition) is 1. The second kappa shape index (κ2) is 7.49. The normalized spacial score (nSPS) is 15.6. The Hall–Kier alpha value is -2.04. The third kappa shape index (κ3) is 3.84. The Kier molecular flexibility index (Phi) is 5.16. The van der Waals surface area contributed by atoms with Crippen molar-refractivity contribution >= 4 is 23.0 Å². The molecule has 0 aliphatic carbocycles. The number of nitrogens with one attached hydrogen (secondary N) is 1. The highest BCUT2D eigenvalue weighted by molar-refractivity contribution is 6.31. The maximum absolute atomic E-state index is 6.23. The molecule has 0 atom stereocenters. The van der Waals surface area contributed by atoms with Crippen molar-refractivity contribution in [3.05, 3.63) is 64.7 Å². The Balaban J connectivity index is 2.08. The van der Waals surface area contributed by atoms with Crippen molar-refractivity contribution in [3.63, 3.8) is 0 Å². The fraction of sp³-hybridized carbons (Fsp3) is 0.278. The summed E-state index contributed by atoms with van der Waals surface area (Å²) in [6.45, 7) is 3.01. The highest BCUT2D eigenvalue weighted by atomic mass is 35.5. The largest absolute Gasteiger partial charge is 0.388 e. The molecule has 5 heteroatoms. The van der Waals surface area contributed by atoms with Gasteiger partial charge in [0.15, 0.2) is 0 Å². The Morgan fingerprint density at radius 1 is 1.13 bits per heavy atom. The molecular weight excluding hydrogens is 310 g/mol. The predicted molar refractivity (Wildman–Crippen MR) is 95.5 cm³/mol. The van der Waals surface area contributed by atoms with Crippen molar-refractivity contribution in [2.45, 2.75) is 0 Å². The number of morpholine rings is 1. The van der Waals surface area contributed by atoms with Gasteiger partial charge in [0, 0.05) is 28.9 Å². The molecule has 1 saturated heterocycles. The van der Waals surface area contributed by atoms with Crippen LogP contribution in [0.4, 0.5) is 5.69 Å². The number of anilines is 1. The maximum Gasteiger partial charge on any atom is 0.0997 e. The van der Waals surface area contributed by atoms with E-state index in [4.69, 9.17) is 21.4 Å². The Morgan fingerprint density at radius 2 is 1.87 bits per heavy atom. The fourth-order valence-corrected chi connectivity index (χ4v) is 2.76. The van der Waals surface area contributed by atoms with Crippen molar-refractivity contribution in [2.75, 3.05) is 38.7 Å². The second-order valence-corrected chi connectivity index (χ2v) is 5.76. The van der Waals surface area contributed by atoms with Crippen molar-refractivity contribution < 1.29 is 4.74 Å². The topological polar surface area (TPSA) is 36.9 Å². The van der Waals surface area contributed by atoms with E-state index in [0.717, 1.165) is 35.6 Å². The van der Waals surface area contributed by atoms with Crippen LogP contribution in [0.15, 0.2) is 53.6 Å². The molecule has 0 spiro atoms. The average Bonchev–Trinajstić information content (AvgIpc) is 2.61. The van der Waals surface area contributed by atoms with Gasteiger partial charge in [0.05, 0.1) is 32.0 Å². The molecule has 0 radical (unpaired) electrons. The van der Waals surface area contributed by atoms with Gasteiger partial charge in [-0.25, -0.2) is 0 Å². The van der Waals surface area contributed by atoms with Gasteiger partial charge in [-0.3, -0.25) is 5.01 Å². The minimum atomic E-state index is 0.699. The van der Waals surface area contributed by atoms with Gasteiger partial charge in [-0.05, 0) is 18.2 Å². The Bertz CT molecular complexity index is 682. The summed E-state index contributed by atoms with van der Waals surface area (Å²) in [6, 6.07) is 16.0. The molecule has 1 aliphatic rings. The van der Waals surface area contributed by atoms with Crippen LogP contribution in [0, 0.1) is 0 Å². The van der Waals surface area contributed by atoms with E-state index in [0.29, 0.717) is 18.2 Å². The van der Waals surface area contributed by atoms with E-state index in [-0.39, 0.29) is 0 Å². The summed E-state index contributed by atoms with van der Waals surface area (Å²) in [4.78, 5) is 0. The Labute approximate surface area is 141 Å². The van der Waals surface area contributed by atoms with Crippen LogP contribution >= 0.6 is 11.6 Å². The molecule has 4 nitrogen and oxygen atoms in total. The summed E-state index contributed by atoms with van der Waals surface area (Å²) in [6.07, 6.45) is 0. The number of halogens is 1. The monoisotopic (exact) mass is 329 g/mol. The van der Waals surface area contributed by atoms with Gasteiger partial charge < -0.3 is 10.1 Å². The molecule has 1 heterocycles. The van der Waals surface area contributed by atoms with E-state index < -0.39 is 0 Å². The molecule has 3 rings (SSSR count). The average molecular weight is 330 g/mol. The lowest BCUT2D eigenvalue weighted by atomic mass is 10.0. The van der Waals surface area contributed by atoms with Gasteiger partial charge in [0.2, 0.25) is 0 Å². The molecule has 2 aromatic carbocycles. The molecule has 2 aromatic rings. The van der Waals surface area contributed by atoms with Crippen LogP contribution in [-0.2, 0) is 4.74 Å². The first kappa shape index (κ1) is 15.8. The van der Waals surface area contributed by atoms with Gasteiger partial charge in [-0.15, -0.1) is 0 Å². The second-order valence-electron chi connectivity index (χ2n) is 5.32. The molecule has 120 valence electrons. The quantitative estimate of drug-likeness (QED) is 0.873. The zero-order valence-electron chi connectivity index (χ0n) is 13.1. The molecule has 1 N–H and O–H groups in total. The minimum absolute atomic E-state index is 0.699. The highest BCUT2D eigenvalue weighted by Gasteiger charge is 2.15. The third-order valence-electron chi connectivity index (χ3n) is 3.78. The lowest BCUT2D eigenvalue weighted by Gasteiger charge is -2.25. The van der Waals surface area contributed by atoms with Crippen molar-refractivity contribution in [1.82, 2.24) is 5.01 Å². The molecule has 0 bridgehead atoms. The maximum atomic E-state index is 6.23. The number of rotatable bonds is 4. The zero-order valence-corrected chi connectivity index (χ0v) is 13.9. The minimum Gasteiger partial charge on any atom is -0.388 e. The fourth-order valence-electron chi connectivity index (χ4n) is 2.59. The first-order chi connectivity index (χ1) is 11.3. The van der Waals surface area contributed by atoms with Crippen LogP contribution in [0.25, 0.3) is 0 Å². The van der Waals surface area contributed by atoms with Gasteiger partial charge in [-0.1, -0.05) is 41.9 Å². The number of hydrogen-bond acceptors (Lipinski definition) is 4. The molecule has 0 amide bonds. The van der Waals surface area contributed by atoms with E-state index >= 15 is 0 Å². The number of benzene rings is 2. The zero-order chi connectivity index (χ0) is 16.1. The lowest BCUT2D eigenvalue weighted by molar-refractivity contribution is 0.0394. The summed E-state index contributed by atoms with van der Waals surface area (Å²) in [5, 5.41) is 10.9. The molecule has 0 unspecified atom stereocenters. The summed E-state index contributed by atoms with van der Waals surface area (Å²) in [5.74, 6) is 0. The molecule has 1 aliphatic heterocycles. The summed E-state index contributed by atoms with van der Waals surface area (Å²) >= 11 is 6.23. The van der Waals surface area contributed by atoms with Crippen LogP contribution in [-0.4, -0.2) is 44.1 Å². The van der Waals surface area contributed by atoms with E-state index in [9.17, 15) is 0 Å². The van der Waals surface area contributed by atoms with Crippen LogP contribution in [0.3, 0.4) is 0 Å². The number of nitrogens with zero attached hydrogens (tertiary/aromatic N) is 2. The van der Waals surface area contributed by atoms with E-state index in [1.165, 1.54) is 0 Å². The molecule has 23 heavy (non-hydrogen) atoms. The standard InChI is InChI=1S/C18H20ClN3O/c1-20-17-8-7-15(19)13-16(17)18(14-5-3-2-4-6-14)21-22-9-11-23-12-10-22/h2-8,13,20H,9-12H2,1H3/b21-18+. The van der Waals surface area contributed by atoms with E-state index in [1.807, 2.05) is 43.4 Å². The lowest BCUT2D eigenvalue weighted by Crippen LogP contribution is -2.33. The number of ether oxygens (including phenoxy) is 1. The van der Waals surface area contributed by atoms with Gasteiger partial charge >= 0.3 is 0 Å². The summed E-state index contributed by atoms with van der Waals surface area (Å²) < 4.78 is 5.41. The molecule has 0 aromatic heterocycles. The molecule has 1 fully saturated rings. The van der Waals surface area contributed by atoms with Crippen LogP contribution < -0.4 is 5.32 Å². The van der Waals surface area contributed by atoms with Gasteiger partial charge in [0.1, 0.15) is 0 Å². The molecular formula is C18H20ClN3O. The highest BCUT2D eigenvalue weighted by Crippen LogP contribution is 2.24. The SMILES string of the molecule is CNc1ccc(Cl)cc1/C(=N/N1CCOCC1)c1ccccc1. The predicted octanol–water partition coefficient (Wildman–Crippen LogP) is 3.47. The van der Waals surface area contributed by atoms with Crippen molar-refractivity contribution in [3.8, 4) is 0 Å². The van der Waals surface area contributed by atoms with Crippen LogP contribution in [0.5, 0.6) is 0 Å².